The molecule has 3 rings (SSSR count). The maximum atomic E-state index is 12.8. The molecule has 0 saturated carbocycles. The molecule has 2 fully saturated rings. The molecule has 132 valence electrons. The number of aromatic nitrogens is 1. The fraction of sp³-hybridized carbons (Fsp3) is 0.684. The van der Waals surface area contributed by atoms with Crippen molar-refractivity contribution in [1.82, 2.24) is 14.8 Å². The molecule has 24 heavy (non-hydrogen) atoms. The Morgan fingerprint density at radius 3 is 2.96 bits per heavy atom. The molecule has 2 aliphatic rings. The first-order valence-corrected chi connectivity index (χ1v) is 9.07. The zero-order valence-corrected chi connectivity index (χ0v) is 15.0. The minimum absolute atomic E-state index is 0.180. The third kappa shape index (κ3) is 3.78. The van der Waals surface area contributed by atoms with E-state index in [0.717, 1.165) is 38.2 Å². The first-order chi connectivity index (χ1) is 11.6. The van der Waals surface area contributed by atoms with Gasteiger partial charge in [0.1, 0.15) is 0 Å². The summed E-state index contributed by atoms with van der Waals surface area (Å²) in [6, 6.07) is 6.45. The number of hydrogen-bond donors (Lipinski definition) is 0. The predicted octanol–water partition coefficient (Wildman–Crippen LogP) is 1.97. The molecule has 1 aromatic rings. The second kappa shape index (κ2) is 7.62. The van der Waals surface area contributed by atoms with Crippen molar-refractivity contribution in [2.24, 2.45) is 5.92 Å². The number of likely N-dealkylation sites (tertiary alicyclic amines) is 1. The van der Waals surface area contributed by atoms with E-state index in [1.54, 1.807) is 6.20 Å². The predicted molar refractivity (Wildman–Crippen MR) is 93.7 cm³/mol. The average Bonchev–Trinajstić information content (AvgIpc) is 2.60. The maximum Gasteiger partial charge on any atom is 0.228 e. The van der Waals surface area contributed by atoms with Crippen LogP contribution in [0.2, 0.25) is 0 Å². The van der Waals surface area contributed by atoms with Gasteiger partial charge in [-0.05, 0) is 45.9 Å². The third-order valence-electron chi connectivity index (χ3n) is 5.48. The van der Waals surface area contributed by atoms with Crippen LogP contribution in [0.5, 0.6) is 0 Å². The van der Waals surface area contributed by atoms with Gasteiger partial charge in [0, 0.05) is 43.5 Å². The van der Waals surface area contributed by atoms with E-state index in [1.807, 2.05) is 23.1 Å². The lowest BCUT2D eigenvalue weighted by molar-refractivity contribution is -0.147. The van der Waals surface area contributed by atoms with Gasteiger partial charge in [-0.1, -0.05) is 6.07 Å². The number of pyridine rings is 1. The first kappa shape index (κ1) is 17.4. The number of amides is 1. The lowest BCUT2D eigenvalue weighted by atomic mass is 9.84. The molecule has 3 atom stereocenters. The Labute approximate surface area is 145 Å². The fourth-order valence-electron chi connectivity index (χ4n) is 3.89. The van der Waals surface area contributed by atoms with Crippen LogP contribution in [0.25, 0.3) is 0 Å². The van der Waals surface area contributed by atoms with Crippen molar-refractivity contribution in [3.05, 3.63) is 30.1 Å². The van der Waals surface area contributed by atoms with Gasteiger partial charge in [0.25, 0.3) is 0 Å². The standard InChI is InChI=1S/C19H29N3O2/c1-14(2)21(3)17-13-22(12-15-7-6-10-24-19(15)17)18(23)11-16-8-4-5-9-20-16/h4-5,8-9,14-15,17,19H,6-7,10-13H2,1-3H3/t15-,17+,19-/m0/s1. The molecule has 0 bridgehead atoms. The summed E-state index contributed by atoms with van der Waals surface area (Å²) in [4.78, 5) is 21.5. The minimum Gasteiger partial charge on any atom is -0.376 e. The first-order valence-electron chi connectivity index (χ1n) is 9.07. The van der Waals surface area contributed by atoms with Gasteiger partial charge in [-0.25, -0.2) is 0 Å². The molecule has 0 unspecified atom stereocenters. The second-order valence-corrected chi connectivity index (χ2v) is 7.36. The van der Waals surface area contributed by atoms with E-state index in [9.17, 15) is 4.79 Å². The molecule has 2 saturated heterocycles. The zero-order valence-electron chi connectivity index (χ0n) is 15.0. The second-order valence-electron chi connectivity index (χ2n) is 7.36. The third-order valence-corrected chi connectivity index (χ3v) is 5.48. The molecule has 5 nitrogen and oxygen atoms in total. The summed E-state index contributed by atoms with van der Waals surface area (Å²) in [5.74, 6) is 0.631. The van der Waals surface area contributed by atoms with Gasteiger partial charge in [-0.15, -0.1) is 0 Å². The number of hydrogen-bond acceptors (Lipinski definition) is 4. The summed E-state index contributed by atoms with van der Waals surface area (Å²) in [6.45, 7) is 6.82. The number of ether oxygens (including phenoxy) is 1. The van der Waals surface area contributed by atoms with Crippen LogP contribution in [-0.2, 0) is 16.0 Å². The normalized spacial score (nSPS) is 27.4. The number of rotatable bonds is 4. The van der Waals surface area contributed by atoms with Crippen LogP contribution >= 0.6 is 0 Å². The van der Waals surface area contributed by atoms with Crippen LogP contribution in [0.15, 0.2) is 24.4 Å². The number of piperidine rings is 1. The number of carbonyl (C=O) groups is 1. The van der Waals surface area contributed by atoms with E-state index < -0.39 is 0 Å². The van der Waals surface area contributed by atoms with Gasteiger partial charge in [0.2, 0.25) is 5.91 Å². The Kier molecular flexibility index (Phi) is 5.51. The molecule has 3 heterocycles. The Morgan fingerprint density at radius 2 is 2.25 bits per heavy atom. The lowest BCUT2D eigenvalue weighted by Crippen LogP contribution is -2.62. The quantitative estimate of drug-likeness (QED) is 0.846. The van der Waals surface area contributed by atoms with Crippen LogP contribution in [0.1, 0.15) is 32.4 Å². The van der Waals surface area contributed by atoms with E-state index in [-0.39, 0.29) is 18.1 Å². The Hall–Kier alpha value is -1.46. The lowest BCUT2D eigenvalue weighted by Gasteiger charge is -2.49. The molecule has 1 amide bonds. The topological polar surface area (TPSA) is 45.7 Å². The highest BCUT2D eigenvalue weighted by Crippen LogP contribution is 2.31. The summed E-state index contributed by atoms with van der Waals surface area (Å²) < 4.78 is 6.12. The molecule has 2 aliphatic heterocycles. The molecule has 0 spiro atoms. The van der Waals surface area contributed by atoms with Crippen molar-refractivity contribution in [2.75, 3.05) is 26.7 Å². The number of likely N-dealkylation sites (N-methyl/N-ethyl adjacent to an activating group) is 1. The highest BCUT2D eigenvalue weighted by molar-refractivity contribution is 5.78. The van der Waals surface area contributed by atoms with E-state index in [1.165, 1.54) is 0 Å². The van der Waals surface area contributed by atoms with Crippen molar-refractivity contribution in [2.45, 2.75) is 51.3 Å². The SMILES string of the molecule is CC(C)N(C)[C@@H]1CN(C(=O)Cc2ccccn2)C[C@@H]2CCCO[C@@H]21. The Balaban J connectivity index is 1.73. The molecule has 0 N–H and O–H groups in total. The number of carbonyl (C=O) groups excluding carboxylic acids is 1. The summed E-state index contributed by atoms with van der Waals surface area (Å²) in [5, 5.41) is 0. The largest absolute Gasteiger partial charge is 0.376 e. The van der Waals surface area contributed by atoms with Gasteiger partial charge in [0.15, 0.2) is 0 Å². The average molecular weight is 331 g/mol. The van der Waals surface area contributed by atoms with Crippen LogP contribution in [-0.4, -0.2) is 65.6 Å². The monoisotopic (exact) mass is 331 g/mol. The van der Waals surface area contributed by atoms with Gasteiger partial charge in [0.05, 0.1) is 18.6 Å². The Morgan fingerprint density at radius 1 is 1.42 bits per heavy atom. The zero-order chi connectivity index (χ0) is 17.1. The molecule has 0 radical (unpaired) electrons. The molecule has 1 aromatic heterocycles. The molecular formula is C19H29N3O2. The van der Waals surface area contributed by atoms with E-state index in [4.69, 9.17) is 4.74 Å². The van der Waals surface area contributed by atoms with Crippen molar-refractivity contribution >= 4 is 5.91 Å². The van der Waals surface area contributed by atoms with Gasteiger partial charge in [-0.3, -0.25) is 14.7 Å². The van der Waals surface area contributed by atoms with Crippen molar-refractivity contribution in [1.29, 1.82) is 0 Å². The van der Waals surface area contributed by atoms with Crippen LogP contribution in [0.4, 0.5) is 0 Å². The van der Waals surface area contributed by atoms with Crippen molar-refractivity contribution in [3.8, 4) is 0 Å². The fourth-order valence-corrected chi connectivity index (χ4v) is 3.89. The Bertz CT molecular complexity index is 549. The summed E-state index contributed by atoms with van der Waals surface area (Å²) in [5.41, 5.74) is 0.846. The van der Waals surface area contributed by atoms with Crippen LogP contribution in [0, 0.1) is 5.92 Å². The minimum atomic E-state index is 0.180. The number of nitrogens with zero attached hydrogens (tertiary/aromatic N) is 3. The summed E-state index contributed by atoms with van der Waals surface area (Å²) in [7, 11) is 2.15. The van der Waals surface area contributed by atoms with Crippen molar-refractivity contribution < 1.29 is 9.53 Å². The molecular weight excluding hydrogens is 302 g/mol. The van der Waals surface area contributed by atoms with E-state index >= 15 is 0 Å². The van der Waals surface area contributed by atoms with Gasteiger partial charge < -0.3 is 9.64 Å². The van der Waals surface area contributed by atoms with Gasteiger partial charge in [-0.2, -0.15) is 0 Å². The number of fused-ring (bicyclic) bond motifs is 1. The molecule has 0 aromatic carbocycles. The smallest absolute Gasteiger partial charge is 0.228 e. The highest BCUT2D eigenvalue weighted by Gasteiger charge is 2.42. The van der Waals surface area contributed by atoms with Gasteiger partial charge >= 0.3 is 0 Å². The van der Waals surface area contributed by atoms with E-state index in [0.29, 0.717) is 18.4 Å². The molecule has 5 heteroatoms. The van der Waals surface area contributed by atoms with Crippen LogP contribution < -0.4 is 0 Å². The maximum absolute atomic E-state index is 12.8. The molecule has 0 aliphatic carbocycles. The summed E-state index contributed by atoms with van der Waals surface area (Å²) >= 11 is 0. The van der Waals surface area contributed by atoms with Crippen molar-refractivity contribution in [3.63, 3.8) is 0 Å². The van der Waals surface area contributed by atoms with Crippen LogP contribution in [0.3, 0.4) is 0 Å². The van der Waals surface area contributed by atoms with E-state index in [2.05, 4.69) is 30.8 Å². The summed E-state index contributed by atoms with van der Waals surface area (Å²) in [6.07, 6.45) is 4.64. The highest BCUT2D eigenvalue weighted by atomic mass is 16.5.